The molecule has 1 atom stereocenters. The van der Waals surface area contributed by atoms with Gasteiger partial charge in [-0.15, -0.1) is 11.8 Å². The van der Waals surface area contributed by atoms with Crippen LogP contribution in [0.15, 0.2) is 23.1 Å². The van der Waals surface area contributed by atoms with E-state index in [9.17, 15) is 4.79 Å². The van der Waals surface area contributed by atoms with E-state index in [0.29, 0.717) is 16.8 Å². The van der Waals surface area contributed by atoms with Crippen molar-refractivity contribution >= 4 is 35.0 Å². The van der Waals surface area contributed by atoms with Crippen molar-refractivity contribution in [2.45, 2.75) is 55.2 Å². The highest BCUT2D eigenvalue weighted by Crippen LogP contribution is 2.31. The first-order valence-corrected chi connectivity index (χ1v) is 8.34. The number of hydrogen-bond donors (Lipinski definition) is 2. The van der Waals surface area contributed by atoms with Crippen LogP contribution in [0.5, 0.6) is 0 Å². The topological polar surface area (TPSA) is 55.1 Å². The van der Waals surface area contributed by atoms with Gasteiger partial charge in [-0.3, -0.25) is 4.79 Å². The van der Waals surface area contributed by atoms with Crippen LogP contribution in [-0.2, 0) is 4.79 Å². The lowest BCUT2D eigenvalue weighted by molar-refractivity contribution is -0.121. The third-order valence-electron chi connectivity index (χ3n) is 3.60. The number of anilines is 1. The summed E-state index contributed by atoms with van der Waals surface area (Å²) < 4.78 is 0. The summed E-state index contributed by atoms with van der Waals surface area (Å²) in [6.07, 6.45) is 5.92. The third kappa shape index (κ3) is 4.32. The maximum atomic E-state index is 12.2. The molecule has 1 saturated carbocycles. The normalized spacial score (nSPS) is 17.7. The minimum absolute atomic E-state index is 0.0845. The van der Waals surface area contributed by atoms with Gasteiger partial charge in [0.05, 0.1) is 5.25 Å². The summed E-state index contributed by atoms with van der Waals surface area (Å²) in [5.41, 5.74) is 6.57. The van der Waals surface area contributed by atoms with Crippen molar-refractivity contribution in [3.05, 3.63) is 23.2 Å². The smallest absolute Gasteiger partial charge is 0.233 e. The molecule has 1 aliphatic carbocycles. The maximum absolute atomic E-state index is 12.2. The minimum Gasteiger partial charge on any atom is -0.398 e. The number of thioether (sulfide) groups is 1. The van der Waals surface area contributed by atoms with Crippen LogP contribution in [0.2, 0.25) is 5.02 Å². The van der Waals surface area contributed by atoms with Gasteiger partial charge in [-0.1, -0.05) is 30.9 Å². The largest absolute Gasteiger partial charge is 0.398 e. The number of rotatable bonds is 4. The van der Waals surface area contributed by atoms with Crippen LogP contribution in [0.3, 0.4) is 0 Å². The number of nitrogens with one attached hydrogen (secondary N) is 1. The van der Waals surface area contributed by atoms with E-state index in [0.717, 1.165) is 17.7 Å². The fourth-order valence-electron chi connectivity index (χ4n) is 2.42. The average Bonchev–Trinajstić information content (AvgIpc) is 2.44. The number of amides is 1. The lowest BCUT2D eigenvalue weighted by atomic mass is 9.95. The second kappa shape index (κ2) is 7.23. The molecule has 0 spiro atoms. The van der Waals surface area contributed by atoms with E-state index < -0.39 is 0 Å². The molecule has 5 heteroatoms. The monoisotopic (exact) mass is 312 g/mol. The zero-order chi connectivity index (χ0) is 14.5. The average molecular weight is 313 g/mol. The van der Waals surface area contributed by atoms with Gasteiger partial charge in [0.1, 0.15) is 0 Å². The standard InChI is InChI=1S/C15H21ClN2OS/c1-10(15(19)18-12-5-3-2-4-6-12)20-14-9-11(16)7-8-13(14)17/h7-10,12H,2-6,17H2,1H3,(H,18,19). The van der Waals surface area contributed by atoms with E-state index in [1.165, 1.54) is 31.0 Å². The molecule has 1 unspecified atom stereocenters. The summed E-state index contributed by atoms with van der Waals surface area (Å²) in [6, 6.07) is 5.69. The summed E-state index contributed by atoms with van der Waals surface area (Å²) in [4.78, 5) is 13.1. The van der Waals surface area contributed by atoms with Gasteiger partial charge in [0.25, 0.3) is 0 Å². The Morgan fingerprint density at radius 1 is 1.40 bits per heavy atom. The molecule has 0 bridgehead atoms. The van der Waals surface area contributed by atoms with E-state index in [1.807, 2.05) is 13.0 Å². The predicted molar refractivity (Wildman–Crippen MR) is 86.2 cm³/mol. The van der Waals surface area contributed by atoms with E-state index >= 15 is 0 Å². The molecule has 1 aromatic carbocycles. The molecule has 1 amide bonds. The molecule has 20 heavy (non-hydrogen) atoms. The lowest BCUT2D eigenvalue weighted by Crippen LogP contribution is -2.40. The lowest BCUT2D eigenvalue weighted by Gasteiger charge is -2.24. The van der Waals surface area contributed by atoms with Crippen molar-refractivity contribution < 1.29 is 4.79 Å². The van der Waals surface area contributed by atoms with Crippen LogP contribution in [0, 0.1) is 0 Å². The summed E-state index contributed by atoms with van der Waals surface area (Å²) in [7, 11) is 0. The summed E-state index contributed by atoms with van der Waals surface area (Å²) >= 11 is 7.43. The molecule has 0 saturated heterocycles. The Hall–Kier alpha value is -0.870. The third-order valence-corrected chi connectivity index (χ3v) is 5.01. The fourth-order valence-corrected chi connectivity index (χ4v) is 3.61. The summed E-state index contributed by atoms with van der Waals surface area (Å²) in [5.74, 6) is 0.0845. The number of carbonyl (C=O) groups is 1. The molecule has 2 rings (SSSR count). The number of hydrogen-bond acceptors (Lipinski definition) is 3. The molecule has 0 heterocycles. The predicted octanol–water partition coefficient (Wildman–Crippen LogP) is 3.85. The van der Waals surface area contributed by atoms with E-state index in [1.54, 1.807) is 12.1 Å². The van der Waals surface area contributed by atoms with Crippen LogP contribution in [0.25, 0.3) is 0 Å². The molecule has 0 radical (unpaired) electrons. The molecule has 1 aliphatic rings. The Bertz CT molecular complexity index is 475. The number of nitrogens with two attached hydrogens (primary N) is 1. The van der Waals surface area contributed by atoms with Crippen molar-refractivity contribution in [2.24, 2.45) is 0 Å². The molecular formula is C15H21ClN2OS. The number of carbonyl (C=O) groups excluding carboxylic acids is 1. The number of benzene rings is 1. The Labute approximate surface area is 129 Å². The SMILES string of the molecule is CC(Sc1cc(Cl)ccc1N)C(=O)NC1CCCCC1. The first-order valence-electron chi connectivity index (χ1n) is 7.08. The van der Waals surface area contributed by atoms with Crippen LogP contribution < -0.4 is 11.1 Å². The van der Waals surface area contributed by atoms with Crippen molar-refractivity contribution in [1.29, 1.82) is 0 Å². The van der Waals surface area contributed by atoms with E-state index in [4.69, 9.17) is 17.3 Å². The maximum Gasteiger partial charge on any atom is 0.233 e. The zero-order valence-electron chi connectivity index (χ0n) is 11.7. The van der Waals surface area contributed by atoms with Gasteiger partial charge in [0, 0.05) is 21.6 Å². The highest BCUT2D eigenvalue weighted by atomic mass is 35.5. The number of halogens is 1. The van der Waals surface area contributed by atoms with Gasteiger partial charge in [-0.05, 0) is 38.0 Å². The van der Waals surface area contributed by atoms with Crippen molar-refractivity contribution in [2.75, 3.05) is 5.73 Å². The van der Waals surface area contributed by atoms with Crippen LogP contribution in [0.4, 0.5) is 5.69 Å². The zero-order valence-corrected chi connectivity index (χ0v) is 13.3. The minimum atomic E-state index is -0.169. The van der Waals surface area contributed by atoms with Gasteiger partial charge >= 0.3 is 0 Å². The van der Waals surface area contributed by atoms with Crippen LogP contribution in [-0.4, -0.2) is 17.2 Å². The second-order valence-corrected chi connectivity index (χ2v) is 7.10. The van der Waals surface area contributed by atoms with Gasteiger partial charge < -0.3 is 11.1 Å². The first-order chi connectivity index (χ1) is 9.56. The molecule has 0 aromatic heterocycles. The Morgan fingerprint density at radius 3 is 2.80 bits per heavy atom. The van der Waals surface area contributed by atoms with Gasteiger partial charge in [0.15, 0.2) is 0 Å². The van der Waals surface area contributed by atoms with Gasteiger partial charge in [0.2, 0.25) is 5.91 Å². The van der Waals surface area contributed by atoms with Crippen LogP contribution >= 0.6 is 23.4 Å². The Morgan fingerprint density at radius 2 is 2.10 bits per heavy atom. The highest BCUT2D eigenvalue weighted by molar-refractivity contribution is 8.00. The fraction of sp³-hybridized carbons (Fsp3) is 0.533. The molecule has 3 N–H and O–H groups in total. The van der Waals surface area contributed by atoms with Gasteiger partial charge in [-0.2, -0.15) is 0 Å². The molecule has 3 nitrogen and oxygen atoms in total. The van der Waals surface area contributed by atoms with E-state index in [-0.39, 0.29) is 11.2 Å². The molecule has 1 aromatic rings. The first kappa shape index (κ1) is 15.5. The Balaban J connectivity index is 1.91. The number of nitrogen functional groups attached to an aromatic ring is 1. The molecule has 0 aliphatic heterocycles. The molecule has 110 valence electrons. The van der Waals surface area contributed by atoms with E-state index in [2.05, 4.69) is 5.32 Å². The quantitative estimate of drug-likeness (QED) is 0.656. The molecular weight excluding hydrogens is 292 g/mol. The highest BCUT2D eigenvalue weighted by Gasteiger charge is 2.20. The van der Waals surface area contributed by atoms with Crippen molar-refractivity contribution in [1.82, 2.24) is 5.32 Å². The van der Waals surface area contributed by atoms with Crippen LogP contribution in [0.1, 0.15) is 39.0 Å². The van der Waals surface area contributed by atoms with Crippen molar-refractivity contribution in [3.63, 3.8) is 0 Å². The molecule has 1 fully saturated rings. The Kier molecular flexibility index (Phi) is 5.61. The summed E-state index contributed by atoms with van der Waals surface area (Å²) in [5, 5.41) is 3.61. The summed E-state index contributed by atoms with van der Waals surface area (Å²) in [6.45, 7) is 1.91. The van der Waals surface area contributed by atoms with Gasteiger partial charge in [-0.25, -0.2) is 0 Å². The van der Waals surface area contributed by atoms with Crippen molar-refractivity contribution in [3.8, 4) is 0 Å². The second-order valence-electron chi connectivity index (χ2n) is 5.29.